The molecule has 2 nitrogen and oxygen atoms in total. The molecule has 20 heavy (non-hydrogen) atoms. The number of rotatable bonds is 3. The van der Waals surface area contributed by atoms with Gasteiger partial charge in [-0.1, -0.05) is 51.8 Å². The maximum Gasteiger partial charge on any atom is 0.255 e. The van der Waals surface area contributed by atoms with Gasteiger partial charge in [-0.05, 0) is 36.2 Å². The van der Waals surface area contributed by atoms with Gasteiger partial charge in [-0.2, -0.15) is 0 Å². The van der Waals surface area contributed by atoms with Crippen LogP contribution in [-0.4, -0.2) is 17.9 Å². The van der Waals surface area contributed by atoms with E-state index in [1.54, 1.807) is 18.0 Å². The van der Waals surface area contributed by atoms with Crippen LogP contribution in [0.25, 0.3) is 0 Å². The fraction of sp³-hybridized carbons (Fsp3) is 0.188. The molecule has 2 aromatic rings. The maximum absolute atomic E-state index is 12.4. The average Bonchev–Trinajstić information content (AvgIpc) is 2.43. The number of benzene rings is 2. The Hall–Kier alpha value is -1.32. The molecule has 0 aliphatic heterocycles. The van der Waals surface area contributed by atoms with Crippen molar-refractivity contribution in [3.05, 3.63) is 68.7 Å². The van der Waals surface area contributed by atoms with Crippen LogP contribution in [0.3, 0.4) is 0 Å². The second kappa shape index (κ2) is 6.42. The number of hydrogen-bond donors (Lipinski definition) is 0. The molecule has 0 atom stereocenters. The molecule has 0 spiro atoms. The van der Waals surface area contributed by atoms with Gasteiger partial charge >= 0.3 is 0 Å². The van der Waals surface area contributed by atoms with Gasteiger partial charge in [0.1, 0.15) is 0 Å². The number of nitrogens with zero attached hydrogens (tertiary/aromatic N) is 1. The molecule has 0 fully saturated rings. The number of halogens is 2. The summed E-state index contributed by atoms with van der Waals surface area (Å²) in [5, 5.41) is 0.528. The second-order valence-electron chi connectivity index (χ2n) is 4.72. The van der Waals surface area contributed by atoms with Crippen LogP contribution in [-0.2, 0) is 6.54 Å². The van der Waals surface area contributed by atoms with E-state index >= 15 is 0 Å². The van der Waals surface area contributed by atoms with Gasteiger partial charge < -0.3 is 4.90 Å². The Morgan fingerprint density at radius 1 is 1.20 bits per heavy atom. The Morgan fingerprint density at radius 3 is 2.50 bits per heavy atom. The SMILES string of the molecule is Cc1cccc(C(=O)N(C)Cc2ccc(Br)cc2)c1Cl. The summed E-state index contributed by atoms with van der Waals surface area (Å²) in [6, 6.07) is 13.4. The molecule has 0 aliphatic carbocycles. The largest absolute Gasteiger partial charge is 0.337 e. The third-order valence-electron chi connectivity index (χ3n) is 3.10. The van der Waals surface area contributed by atoms with E-state index in [4.69, 9.17) is 11.6 Å². The van der Waals surface area contributed by atoms with Gasteiger partial charge in [0, 0.05) is 18.1 Å². The molecule has 2 aromatic carbocycles. The number of carbonyl (C=O) groups is 1. The summed E-state index contributed by atoms with van der Waals surface area (Å²) in [5.74, 6) is -0.0679. The summed E-state index contributed by atoms with van der Waals surface area (Å²) in [6.45, 7) is 2.45. The first-order chi connectivity index (χ1) is 9.49. The van der Waals surface area contributed by atoms with E-state index in [9.17, 15) is 4.79 Å². The Balaban J connectivity index is 2.16. The smallest absolute Gasteiger partial charge is 0.255 e. The van der Waals surface area contributed by atoms with Crippen LogP contribution in [0.2, 0.25) is 5.02 Å². The van der Waals surface area contributed by atoms with E-state index in [1.165, 1.54) is 0 Å². The Morgan fingerprint density at radius 2 is 1.85 bits per heavy atom. The summed E-state index contributed by atoms with van der Waals surface area (Å²) in [7, 11) is 1.78. The molecular formula is C16H15BrClNO. The normalized spacial score (nSPS) is 10.4. The van der Waals surface area contributed by atoms with Gasteiger partial charge in [0.2, 0.25) is 0 Å². The van der Waals surface area contributed by atoms with E-state index in [-0.39, 0.29) is 5.91 Å². The van der Waals surface area contributed by atoms with Crippen LogP contribution in [0, 0.1) is 6.92 Å². The predicted octanol–water partition coefficient (Wildman–Crippen LogP) is 4.68. The zero-order valence-corrected chi connectivity index (χ0v) is 13.7. The van der Waals surface area contributed by atoms with Gasteiger partial charge in [0.15, 0.2) is 0 Å². The highest BCUT2D eigenvalue weighted by molar-refractivity contribution is 9.10. The number of hydrogen-bond acceptors (Lipinski definition) is 1. The van der Waals surface area contributed by atoms with E-state index in [2.05, 4.69) is 15.9 Å². The summed E-state index contributed by atoms with van der Waals surface area (Å²) in [6.07, 6.45) is 0. The van der Waals surface area contributed by atoms with Crippen molar-refractivity contribution in [2.45, 2.75) is 13.5 Å². The first-order valence-corrected chi connectivity index (χ1v) is 7.41. The van der Waals surface area contributed by atoms with Crippen molar-refractivity contribution in [3.8, 4) is 0 Å². The average molecular weight is 353 g/mol. The molecule has 0 unspecified atom stereocenters. The molecule has 2 rings (SSSR count). The van der Waals surface area contributed by atoms with Gasteiger partial charge in [-0.3, -0.25) is 4.79 Å². The third-order valence-corrected chi connectivity index (χ3v) is 4.13. The van der Waals surface area contributed by atoms with Gasteiger partial charge in [-0.15, -0.1) is 0 Å². The molecule has 4 heteroatoms. The molecule has 1 amide bonds. The summed E-state index contributed by atoms with van der Waals surface area (Å²) < 4.78 is 1.02. The molecule has 0 heterocycles. The lowest BCUT2D eigenvalue weighted by atomic mass is 10.1. The fourth-order valence-electron chi connectivity index (χ4n) is 1.95. The lowest BCUT2D eigenvalue weighted by molar-refractivity contribution is 0.0785. The Kier molecular flexibility index (Phi) is 4.84. The van der Waals surface area contributed by atoms with Crippen molar-refractivity contribution in [1.82, 2.24) is 4.90 Å². The van der Waals surface area contributed by atoms with Crippen LogP contribution in [0.5, 0.6) is 0 Å². The quantitative estimate of drug-likeness (QED) is 0.785. The minimum absolute atomic E-state index is 0.0679. The van der Waals surface area contributed by atoms with Crippen molar-refractivity contribution in [2.75, 3.05) is 7.05 Å². The van der Waals surface area contributed by atoms with Crippen LogP contribution < -0.4 is 0 Å². The highest BCUT2D eigenvalue weighted by Crippen LogP contribution is 2.22. The third kappa shape index (κ3) is 3.41. The van der Waals surface area contributed by atoms with Crippen molar-refractivity contribution < 1.29 is 4.79 Å². The predicted molar refractivity (Wildman–Crippen MR) is 86.1 cm³/mol. The zero-order valence-electron chi connectivity index (χ0n) is 11.4. The zero-order chi connectivity index (χ0) is 14.7. The molecular weight excluding hydrogens is 338 g/mol. The molecule has 0 saturated heterocycles. The van der Waals surface area contributed by atoms with E-state index in [1.807, 2.05) is 43.3 Å². The Bertz CT molecular complexity index is 625. The van der Waals surface area contributed by atoms with Crippen LogP contribution in [0.15, 0.2) is 46.9 Å². The molecule has 0 aromatic heterocycles. The van der Waals surface area contributed by atoms with Crippen molar-refractivity contribution in [2.24, 2.45) is 0 Å². The van der Waals surface area contributed by atoms with E-state index < -0.39 is 0 Å². The second-order valence-corrected chi connectivity index (χ2v) is 6.02. The minimum atomic E-state index is -0.0679. The standard InChI is InChI=1S/C16H15BrClNO/c1-11-4-3-5-14(15(11)18)16(20)19(2)10-12-6-8-13(17)9-7-12/h3-9H,10H2,1-2H3. The van der Waals surface area contributed by atoms with Crippen LogP contribution in [0.1, 0.15) is 21.5 Å². The van der Waals surface area contributed by atoms with Crippen LogP contribution in [0.4, 0.5) is 0 Å². The fourth-order valence-corrected chi connectivity index (χ4v) is 2.42. The first kappa shape index (κ1) is 15.1. The molecule has 0 radical (unpaired) electrons. The summed E-state index contributed by atoms with van der Waals surface area (Å²) in [4.78, 5) is 14.1. The highest BCUT2D eigenvalue weighted by atomic mass is 79.9. The Labute approximate surface area is 132 Å². The highest BCUT2D eigenvalue weighted by Gasteiger charge is 2.16. The summed E-state index contributed by atoms with van der Waals surface area (Å²) in [5.41, 5.74) is 2.54. The first-order valence-electron chi connectivity index (χ1n) is 6.24. The molecule has 104 valence electrons. The molecule has 0 bridgehead atoms. The molecule has 0 aliphatic rings. The van der Waals surface area contributed by atoms with Crippen LogP contribution >= 0.6 is 27.5 Å². The molecule has 0 saturated carbocycles. The van der Waals surface area contributed by atoms with Crippen molar-refractivity contribution >= 4 is 33.4 Å². The van der Waals surface area contributed by atoms with Gasteiger partial charge in [0.05, 0.1) is 10.6 Å². The topological polar surface area (TPSA) is 20.3 Å². The molecule has 0 N–H and O–H groups in total. The minimum Gasteiger partial charge on any atom is -0.337 e. The number of aryl methyl sites for hydroxylation is 1. The lowest BCUT2D eigenvalue weighted by Gasteiger charge is -2.18. The van der Waals surface area contributed by atoms with E-state index in [0.29, 0.717) is 17.1 Å². The monoisotopic (exact) mass is 351 g/mol. The number of carbonyl (C=O) groups excluding carboxylic acids is 1. The number of amides is 1. The maximum atomic E-state index is 12.4. The lowest BCUT2D eigenvalue weighted by Crippen LogP contribution is -2.26. The van der Waals surface area contributed by atoms with Gasteiger partial charge in [0.25, 0.3) is 5.91 Å². The van der Waals surface area contributed by atoms with Crippen molar-refractivity contribution in [1.29, 1.82) is 0 Å². The van der Waals surface area contributed by atoms with E-state index in [0.717, 1.165) is 15.6 Å². The summed E-state index contributed by atoms with van der Waals surface area (Å²) >= 11 is 9.60. The van der Waals surface area contributed by atoms with Gasteiger partial charge in [-0.25, -0.2) is 0 Å². The van der Waals surface area contributed by atoms with Crippen molar-refractivity contribution in [3.63, 3.8) is 0 Å².